The van der Waals surface area contributed by atoms with Crippen LogP contribution in [-0.2, 0) is 11.2 Å². The molecule has 1 atom stereocenters. The Kier molecular flexibility index (Phi) is 5.66. The Bertz CT molecular complexity index is 804. The number of thiazole rings is 1. The standard InChI is InChI=1S/C19H22FN3O2S/c1-3-4-15-18(24)21-9-10-23(15)19(25)17-12(2)22-16(26-17)11-13-5-7-14(20)8-6-13/h5-8,15H,3-4,9-11H2,1-2H3,(H,21,24). The quantitative estimate of drug-likeness (QED) is 0.874. The van der Waals surface area contributed by atoms with E-state index in [2.05, 4.69) is 10.3 Å². The van der Waals surface area contributed by atoms with E-state index in [9.17, 15) is 14.0 Å². The highest BCUT2D eigenvalue weighted by molar-refractivity contribution is 7.13. The average molecular weight is 375 g/mol. The second-order valence-corrected chi connectivity index (χ2v) is 7.50. The molecule has 2 amide bonds. The summed E-state index contributed by atoms with van der Waals surface area (Å²) in [4.78, 5) is 31.9. The van der Waals surface area contributed by atoms with E-state index in [-0.39, 0.29) is 17.6 Å². The molecule has 5 nitrogen and oxygen atoms in total. The summed E-state index contributed by atoms with van der Waals surface area (Å²) in [5.74, 6) is -0.482. The van der Waals surface area contributed by atoms with Crippen LogP contribution in [-0.4, -0.2) is 40.8 Å². The molecular formula is C19H22FN3O2S. The number of amides is 2. The number of aryl methyl sites for hydroxylation is 1. The Balaban J connectivity index is 1.80. The van der Waals surface area contributed by atoms with Crippen LogP contribution in [0.2, 0.25) is 0 Å². The summed E-state index contributed by atoms with van der Waals surface area (Å²) in [6.07, 6.45) is 2.04. The number of nitrogens with zero attached hydrogens (tertiary/aromatic N) is 2. The van der Waals surface area contributed by atoms with Gasteiger partial charge in [0.1, 0.15) is 16.7 Å². The summed E-state index contributed by atoms with van der Waals surface area (Å²) in [6.45, 7) is 4.81. The van der Waals surface area contributed by atoms with Crippen molar-refractivity contribution in [3.05, 3.63) is 51.2 Å². The minimum Gasteiger partial charge on any atom is -0.353 e. The molecule has 1 aromatic heterocycles. The third kappa shape index (κ3) is 3.93. The van der Waals surface area contributed by atoms with Gasteiger partial charge in [-0.3, -0.25) is 9.59 Å². The Morgan fingerprint density at radius 2 is 2.12 bits per heavy atom. The Hall–Kier alpha value is -2.28. The Morgan fingerprint density at radius 3 is 2.81 bits per heavy atom. The molecule has 1 N–H and O–H groups in total. The van der Waals surface area contributed by atoms with Crippen LogP contribution >= 0.6 is 11.3 Å². The third-order valence-electron chi connectivity index (χ3n) is 4.46. The number of rotatable bonds is 5. The summed E-state index contributed by atoms with van der Waals surface area (Å²) in [6, 6.07) is 5.87. The number of carbonyl (C=O) groups excluding carboxylic acids is 2. The number of hydrogen-bond donors (Lipinski definition) is 1. The second kappa shape index (κ2) is 7.95. The van der Waals surface area contributed by atoms with E-state index in [1.54, 1.807) is 17.0 Å². The molecular weight excluding hydrogens is 353 g/mol. The monoisotopic (exact) mass is 375 g/mol. The molecule has 2 heterocycles. The first-order chi connectivity index (χ1) is 12.5. The van der Waals surface area contributed by atoms with Gasteiger partial charge in [-0.2, -0.15) is 0 Å². The maximum absolute atomic E-state index is 13.0. The molecule has 1 aliphatic heterocycles. The zero-order valence-corrected chi connectivity index (χ0v) is 15.7. The van der Waals surface area contributed by atoms with Gasteiger partial charge in [0.15, 0.2) is 0 Å². The van der Waals surface area contributed by atoms with Crippen LogP contribution in [0, 0.1) is 12.7 Å². The van der Waals surface area contributed by atoms with Gasteiger partial charge in [-0.1, -0.05) is 25.5 Å². The first-order valence-electron chi connectivity index (χ1n) is 8.79. The van der Waals surface area contributed by atoms with Crippen LogP contribution in [0.15, 0.2) is 24.3 Å². The molecule has 7 heteroatoms. The van der Waals surface area contributed by atoms with Gasteiger partial charge in [0.2, 0.25) is 5.91 Å². The zero-order valence-electron chi connectivity index (χ0n) is 14.9. The maximum atomic E-state index is 13.0. The molecule has 3 rings (SSSR count). The summed E-state index contributed by atoms with van der Waals surface area (Å²) in [5.41, 5.74) is 1.62. The smallest absolute Gasteiger partial charge is 0.266 e. The van der Waals surface area contributed by atoms with Crippen LogP contribution in [0.25, 0.3) is 0 Å². The predicted octanol–water partition coefficient (Wildman–Crippen LogP) is 2.92. The van der Waals surface area contributed by atoms with Crippen molar-refractivity contribution in [3.63, 3.8) is 0 Å². The molecule has 0 spiro atoms. The van der Waals surface area contributed by atoms with E-state index in [4.69, 9.17) is 0 Å². The van der Waals surface area contributed by atoms with Crippen molar-refractivity contribution in [2.24, 2.45) is 0 Å². The number of halogens is 1. The van der Waals surface area contributed by atoms with Crippen LogP contribution in [0.4, 0.5) is 4.39 Å². The number of carbonyl (C=O) groups is 2. The van der Waals surface area contributed by atoms with E-state index in [0.29, 0.717) is 36.5 Å². The van der Waals surface area contributed by atoms with Gasteiger partial charge in [0.05, 0.1) is 10.7 Å². The number of aromatic nitrogens is 1. The predicted molar refractivity (Wildman–Crippen MR) is 98.8 cm³/mol. The first kappa shape index (κ1) is 18.5. The maximum Gasteiger partial charge on any atom is 0.266 e. The van der Waals surface area contributed by atoms with Gasteiger partial charge in [0.25, 0.3) is 5.91 Å². The molecule has 1 aromatic carbocycles. The van der Waals surface area contributed by atoms with Gasteiger partial charge in [-0.15, -0.1) is 11.3 Å². The zero-order chi connectivity index (χ0) is 18.7. The normalized spacial score (nSPS) is 17.3. The van der Waals surface area contributed by atoms with E-state index in [0.717, 1.165) is 17.0 Å². The van der Waals surface area contributed by atoms with E-state index < -0.39 is 6.04 Å². The highest BCUT2D eigenvalue weighted by Gasteiger charge is 2.34. The summed E-state index contributed by atoms with van der Waals surface area (Å²) in [5, 5.41) is 3.65. The van der Waals surface area contributed by atoms with Crippen molar-refractivity contribution in [1.82, 2.24) is 15.2 Å². The molecule has 138 valence electrons. The lowest BCUT2D eigenvalue weighted by Gasteiger charge is -2.34. The van der Waals surface area contributed by atoms with Gasteiger partial charge >= 0.3 is 0 Å². The third-order valence-corrected chi connectivity index (χ3v) is 5.60. The highest BCUT2D eigenvalue weighted by atomic mass is 32.1. The van der Waals surface area contributed by atoms with Crippen molar-refractivity contribution < 1.29 is 14.0 Å². The van der Waals surface area contributed by atoms with Crippen molar-refractivity contribution in [2.45, 2.75) is 39.2 Å². The van der Waals surface area contributed by atoms with Crippen molar-refractivity contribution in [2.75, 3.05) is 13.1 Å². The summed E-state index contributed by atoms with van der Waals surface area (Å²) >= 11 is 1.35. The second-order valence-electron chi connectivity index (χ2n) is 6.42. The lowest BCUT2D eigenvalue weighted by Crippen LogP contribution is -2.57. The van der Waals surface area contributed by atoms with E-state index >= 15 is 0 Å². The van der Waals surface area contributed by atoms with Crippen molar-refractivity contribution in [1.29, 1.82) is 0 Å². The largest absolute Gasteiger partial charge is 0.353 e. The highest BCUT2D eigenvalue weighted by Crippen LogP contribution is 2.24. The minimum absolute atomic E-state index is 0.0832. The van der Waals surface area contributed by atoms with Gasteiger partial charge in [-0.05, 0) is 31.0 Å². The molecule has 2 aromatic rings. The van der Waals surface area contributed by atoms with Crippen LogP contribution in [0.5, 0.6) is 0 Å². The van der Waals surface area contributed by atoms with Gasteiger partial charge in [0, 0.05) is 19.5 Å². The summed E-state index contributed by atoms with van der Waals surface area (Å²) < 4.78 is 13.0. The molecule has 0 aliphatic carbocycles. The van der Waals surface area contributed by atoms with Crippen LogP contribution in [0.1, 0.15) is 45.7 Å². The van der Waals surface area contributed by atoms with E-state index in [1.807, 2.05) is 13.8 Å². The number of hydrogen-bond acceptors (Lipinski definition) is 4. The van der Waals surface area contributed by atoms with Gasteiger partial charge in [-0.25, -0.2) is 9.37 Å². The molecule has 0 saturated carbocycles. The van der Waals surface area contributed by atoms with Crippen molar-refractivity contribution in [3.8, 4) is 0 Å². The van der Waals surface area contributed by atoms with E-state index in [1.165, 1.54) is 23.5 Å². The number of nitrogens with one attached hydrogen (secondary N) is 1. The molecule has 1 saturated heterocycles. The fourth-order valence-corrected chi connectivity index (χ4v) is 4.21. The Morgan fingerprint density at radius 1 is 1.38 bits per heavy atom. The number of piperazine rings is 1. The average Bonchev–Trinajstić information content (AvgIpc) is 2.98. The Labute approximate surface area is 156 Å². The fraction of sp³-hybridized carbons (Fsp3) is 0.421. The summed E-state index contributed by atoms with van der Waals surface area (Å²) in [7, 11) is 0. The fourth-order valence-electron chi connectivity index (χ4n) is 3.15. The lowest BCUT2D eigenvalue weighted by molar-refractivity contribution is -0.128. The minimum atomic E-state index is -0.414. The lowest BCUT2D eigenvalue weighted by atomic mass is 10.1. The van der Waals surface area contributed by atoms with Gasteiger partial charge < -0.3 is 10.2 Å². The molecule has 1 fully saturated rings. The molecule has 0 bridgehead atoms. The molecule has 26 heavy (non-hydrogen) atoms. The number of benzene rings is 1. The first-order valence-corrected chi connectivity index (χ1v) is 9.60. The molecule has 1 unspecified atom stereocenters. The molecule has 0 radical (unpaired) electrons. The topological polar surface area (TPSA) is 62.3 Å². The molecule has 1 aliphatic rings. The van der Waals surface area contributed by atoms with Crippen molar-refractivity contribution >= 4 is 23.2 Å². The van der Waals surface area contributed by atoms with Crippen LogP contribution < -0.4 is 5.32 Å². The SMILES string of the molecule is CCCC1C(=O)NCCN1C(=O)c1sc(Cc2ccc(F)cc2)nc1C. The van der Waals surface area contributed by atoms with Crippen LogP contribution in [0.3, 0.4) is 0 Å².